The third-order valence-corrected chi connectivity index (χ3v) is 2.41. The number of nitrogens with zero attached hydrogens (tertiary/aromatic N) is 2. The molecule has 6 heteroatoms. The van der Waals surface area contributed by atoms with Crippen LogP contribution in [0.2, 0.25) is 0 Å². The fourth-order valence-corrected chi connectivity index (χ4v) is 1.48. The number of aromatic nitrogens is 2. The molecule has 1 aliphatic carbocycles. The van der Waals surface area contributed by atoms with Crippen molar-refractivity contribution in [2.75, 3.05) is 0 Å². The van der Waals surface area contributed by atoms with Crippen molar-refractivity contribution < 1.29 is 18.7 Å². The lowest BCUT2D eigenvalue weighted by molar-refractivity contribution is -0.143. The second-order valence-corrected chi connectivity index (χ2v) is 3.22. The number of carbonyl (C=O) groups is 1. The Kier molecular flexibility index (Phi) is 1.58. The van der Waals surface area contributed by atoms with E-state index in [2.05, 4.69) is 9.97 Å². The molecule has 0 amide bonds. The van der Waals surface area contributed by atoms with Gasteiger partial charge < -0.3 is 5.11 Å². The van der Waals surface area contributed by atoms with Gasteiger partial charge in [0.15, 0.2) is 5.41 Å². The maximum Gasteiger partial charge on any atom is 0.320 e. The number of hydrogen-bond acceptors (Lipinski definition) is 3. The monoisotopic (exact) mass is 200 g/mol. The predicted molar refractivity (Wildman–Crippen MR) is 40.9 cm³/mol. The van der Waals surface area contributed by atoms with Gasteiger partial charge >= 0.3 is 5.97 Å². The van der Waals surface area contributed by atoms with E-state index in [1.807, 2.05) is 0 Å². The molecule has 1 N–H and O–H groups in total. The topological polar surface area (TPSA) is 63.1 Å². The van der Waals surface area contributed by atoms with E-state index in [-0.39, 0.29) is 5.56 Å². The van der Waals surface area contributed by atoms with Crippen molar-refractivity contribution in [1.82, 2.24) is 9.97 Å². The van der Waals surface area contributed by atoms with Crippen LogP contribution < -0.4 is 0 Å². The highest BCUT2D eigenvalue weighted by molar-refractivity contribution is 5.87. The first-order valence-corrected chi connectivity index (χ1v) is 3.87. The van der Waals surface area contributed by atoms with Crippen LogP contribution in [0.5, 0.6) is 0 Å². The molecule has 1 heterocycles. The number of carboxylic acid groups (broad SMARTS) is 1. The average molecular weight is 200 g/mol. The minimum atomic E-state index is -3.19. The van der Waals surface area contributed by atoms with Crippen LogP contribution in [0.15, 0.2) is 18.7 Å². The number of hydrogen-bond donors (Lipinski definition) is 1. The first kappa shape index (κ1) is 8.98. The second kappa shape index (κ2) is 2.46. The second-order valence-electron chi connectivity index (χ2n) is 3.22. The van der Waals surface area contributed by atoms with Gasteiger partial charge in [0.2, 0.25) is 0 Å². The first-order valence-electron chi connectivity index (χ1n) is 3.87. The molecule has 1 aromatic heterocycles. The SMILES string of the molecule is O=C(O)C1(c2cncnc2)CC1(F)F. The van der Waals surface area contributed by atoms with Crippen LogP contribution in [0.1, 0.15) is 12.0 Å². The predicted octanol–water partition coefficient (Wildman–Crippen LogP) is 0.838. The molecule has 2 rings (SSSR count). The Morgan fingerprint density at radius 1 is 1.43 bits per heavy atom. The van der Waals surface area contributed by atoms with Crippen LogP contribution in [-0.2, 0) is 10.2 Å². The molecule has 1 atom stereocenters. The van der Waals surface area contributed by atoms with Gasteiger partial charge in [-0.3, -0.25) is 4.79 Å². The van der Waals surface area contributed by atoms with Gasteiger partial charge in [0.1, 0.15) is 6.33 Å². The minimum absolute atomic E-state index is 0.0440. The van der Waals surface area contributed by atoms with Gasteiger partial charge in [-0.05, 0) is 0 Å². The van der Waals surface area contributed by atoms with Gasteiger partial charge in [-0.15, -0.1) is 0 Å². The minimum Gasteiger partial charge on any atom is -0.480 e. The molecule has 0 spiro atoms. The summed E-state index contributed by atoms with van der Waals surface area (Å²) < 4.78 is 25.9. The van der Waals surface area contributed by atoms with E-state index in [1.165, 1.54) is 6.33 Å². The molecule has 0 aliphatic heterocycles. The highest BCUT2D eigenvalue weighted by atomic mass is 19.3. The Morgan fingerprint density at radius 3 is 2.29 bits per heavy atom. The summed E-state index contributed by atoms with van der Waals surface area (Å²) in [5.41, 5.74) is -2.15. The summed E-state index contributed by atoms with van der Waals surface area (Å²) in [5, 5.41) is 8.76. The molecule has 74 valence electrons. The van der Waals surface area contributed by atoms with Crippen molar-refractivity contribution >= 4 is 5.97 Å². The van der Waals surface area contributed by atoms with Gasteiger partial charge in [-0.2, -0.15) is 0 Å². The number of alkyl halides is 2. The van der Waals surface area contributed by atoms with E-state index >= 15 is 0 Å². The van der Waals surface area contributed by atoms with E-state index in [0.717, 1.165) is 12.4 Å². The quantitative estimate of drug-likeness (QED) is 0.768. The summed E-state index contributed by atoms with van der Waals surface area (Å²) in [6.45, 7) is 0. The summed E-state index contributed by atoms with van der Waals surface area (Å²) in [5.74, 6) is -4.72. The van der Waals surface area contributed by atoms with Crippen molar-refractivity contribution in [1.29, 1.82) is 0 Å². The standard InChI is InChI=1S/C8H6F2N2O2/c9-8(10)3-7(8,6(13)14)5-1-11-4-12-2-5/h1-2,4H,3H2,(H,13,14). The summed E-state index contributed by atoms with van der Waals surface area (Å²) in [7, 11) is 0. The van der Waals surface area contributed by atoms with Gasteiger partial charge in [-0.25, -0.2) is 18.7 Å². The largest absolute Gasteiger partial charge is 0.480 e. The lowest BCUT2D eigenvalue weighted by Gasteiger charge is -2.09. The van der Waals surface area contributed by atoms with Crippen molar-refractivity contribution in [3.05, 3.63) is 24.3 Å². The number of aliphatic carboxylic acids is 1. The van der Waals surface area contributed by atoms with Gasteiger partial charge in [0.05, 0.1) is 0 Å². The Bertz CT molecular complexity index is 382. The van der Waals surface area contributed by atoms with Crippen molar-refractivity contribution in [2.24, 2.45) is 0 Å². The zero-order valence-corrected chi connectivity index (χ0v) is 6.94. The van der Waals surface area contributed by atoms with Crippen molar-refractivity contribution in [3.8, 4) is 0 Å². The normalized spacial score (nSPS) is 28.4. The molecule has 1 saturated carbocycles. The third kappa shape index (κ3) is 0.934. The molecule has 14 heavy (non-hydrogen) atoms. The molecule has 1 aliphatic rings. The van der Waals surface area contributed by atoms with Crippen LogP contribution in [-0.4, -0.2) is 27.0 Å². The first-order chi connectivity index (χ1) is 6.51. The smallest absolute Gasteiger partial charge is 0.320 e. The number of halogens is 2. The third-order valence-electron chi connectivity index (χ3n) is 2.41. The van der Waals surface area contributed by atoms with Crippen LogP contribution in [0.25, 0.3) is 0 Å². The lowest BCUT2D eigenvalue weighted by Crippen LogP contribution is -2.27. The Morgan fingerprint density at radius 2 is 1.93 bits per heavy atom. The lowest BCUT2D eigenvalue weighted by atomic mass is 9.99. The van der Waals surface area contributed by atoms with Crippen LogP contribution in [0.4, 0.5) is 8.78 Å². The maximum atomic E-state index is 13.0. The average Bonchev–Trinajstić information content (AvgIpc) is 2.72. The van der Waals surface area contributed by atoms with Gasteiger partial charge in [-0.1, -0.05) is 0 Å². The summed E-state index contributed by atoms with van der Waals surface area (Å²) >= 11 is 0. The van der Waals surface area contributed by atoms with Crippen LogP contribution in [0, 0.1) is 0 Å². The Hall–Kier alpha value is -1.59. The molecule has 0 aromatic carbocycles. The number of rotatable bonds is 2. The molecular formula is C8H6F2N2O2. The van der Waals surface area contributed by atoms with E-state index in [1.54, 1.807) is 0 Å². The molecule has 0 bridgehead atoms. The molecular weight excluding hydrogens is 194 g/mol. The highest BCUT2D eigenvalue weighted by Gasteiger charge is 2.77. The molecule has 1 aromatic rings. The fraction of sp³-hybridized carbons (Fsp3) is 0.375. The molecule has 0 radical (unpaired) electrons. The fourth-order valence-electron chi connectivity index (χ4n) is 1.48. The summed E-state index contributed by atoms with van der Waals surface area (Å²) in [6.07, 6.45) is 2.71. The van der Waals surface area contributed by atoms with E-state index in [0.29, 0.717) is 0 Å². The Labute approximate surface area is 77.6 Å². The van der Waals surface area contributed by atoms with Crippen LogP contribution in [0.3, 0.4) is 0 Å². The summed E-state index contributed by atoms with van der Waals surface area (Å²) in [6, 6.07) is 0. The van der Waals surface area contributed by atoms with Crippen molar-refractivity contribution in [2.45, 2.75) is 17.8 Å². The van der Waals surface area contributed by atoms with E-state index in [4.69, 9.17) is 5.11 Å². The molecule has 0 saturated heterocycles. The van der Waals surface area contributed by atoms with Gasteiger partial charge in [0, 0.05) is 24.4 Å². The van der Waals surface area contributed by atoms with Crippen LogP contribution >= 0.6 is 0 Å². The highest BCUT2D eigenvalue weighted by Crippen LogP contribution is 2.61. The van der Waals surface area contributed by atoms with E-state index in [9.17, 15) is 13.6 Å². The maximum absolute atomic E-state index is 13.0. The van der Waals surface area contributed by atoms with Gasteiger partial charge in [0.25, 0.3) is 5.92 Å². The molecule has 1 fully saturated rings. The van der Waals surface area contributed by atoms with Crippen molar-refractivity contribution in [3.63, 3.8) is 0 Å². The zero-order chi connectivity index (χ0) is 10.4. The van der Waals surface area contributed by atoms with E-state index < -0.39 is 23.7 Å². The Balaban J connectivity index is 2.47. The zero-order valence-electron chi connectivity index (χ0n) is 6.94. The summed E-state index contributed by atoms with van der Waals surface area (Å²) in [4.78, 5) is 17.8. The molecule has 1 unspecified atom stereocenters. The number of carboxylic acids is 1. The molecule has 4 nitrogen and oxygen atoms in total.